The van der Waals surface area contributed by atoms with E-state index in [1.807, 2.05) is 41.8 Å². The van der Waals surface area contributed by atoms with E-state index in [9.17, 15) is 9.59 Å². The van der Waals surface area contributed by atoms with Gasteiger partial charge in [-0.2, -0.15) is 5.10 Å². The molecule has 0 saturated carbocycles. The van der Waals surface area contributed by atoms with E-state index < -0.39 is 0 Å². The first kappa shape index (κ1) is 28.1. The fourth-order valence-electron chi connectivity index (χ4n) is 4.70. The lowest BCUT2D eigenvalue weighted by Gasteiger charge is -2.30. The van der Waals surface area contributed by atoms with Crippen molar-refractivity contribution < 1.29 is 9.59 Å². The van der Waals surface area contributed by atoms with Gasteiger partial charge in [0.1, 0.15) is 11.6 Å². The molecule has 0 spiro atoms. The third-order valence-corrected chi connectivity index (χ3v) is 6.89. The first-order valence-electron chi connectivity index (χ1n) is 13.0. The Hall–Kier alpha value is -2.45. The fourth-order valence-corrected chi connectivity index (χ4v) is 4.87. The number of anilines is 1. The van der Waals surface area contributed by atoms with Crippen LogP contribution >= 0.6 is 11.6 Å². The second-order valence-electron chi connectivity index (χ2n) is 10.4. The molecule has 0 fully saturated rings. The summed E-state index contributed by atoms with van der Waals surface area (Å²) in [5.41, 5.74) is 1.75. The van der Waals surface area contributed by atoms with Gasteiger partial charge in [-0.3, -0.25) is 14.5 Å². The molecule has 0 bridgehead atoms. The number of aromatic nitrogens is 3. The van der Waals surface area contributed by atoms with Crippen LogP contribution in [0.2, 0.25) is 5.02 Å². The molecule has 1 aliphatic rings. The van der Waals surface area contributed by atoms with Gasteiger partial charge in [0.05, 0.1) is 12.2 Å². The van der Waals surface area contributed by atoms with Crippen molar-refractivity contribution >= 4 is 29.1 Å². The highest BCUT2D eigenvalue weighted by atomic mass is 35.5. The lowest BCUT2D eigenvalue weighted by atomic mass is 10.1. The van der Waals surface area contributed by atoms with Gasteiger partial charge in [-0.05, 0) is 57.7 Å². The molecule has 0 radical (unpaired) electrons. The van der Waals surface area contributed by atoms with E-state index in [-0.39, 0.29) is 17.7 Å². The van der Waals surface area contributed by atoms with Crippen LogP contribution in [0.4, 0.5) is 5.69 Å². The van der Waals surface area contributed by atoms with Crippen molar-refractivity contribution in [2.24, 2.45) is 5.92 Å². The van der Waals surface area contributed by atoms with Crippen LogP contribution in [0.3, 0.4) is 0 Å². The summed E-state index contributed by atoms with van der Waals surface area (Å²) in [4.78, 5) is 37.4. The summed E-state index contributed by atoms with van der Waals surface area (Å²) < 4.78 is 1.79. The number of rotatable bonds is 6. The molecule has 0 N–H and O–H groups in total. The van der Waals surface area contributed by atoms with E-state index in [1.54, 1.807) is 4.68 Å². The average molecular weight is 517 g/mol. The Morgan fingerprint density at radius 3 is 2.42 bits per heavy atom. The predicted molar refractivity (Wildman–Crippen MR) is 144 cm³/mol. The van der Waals surface area contributed by atoms with Gasteiger partial charge in [-0.15, -0.1) is 0 Å². The second-order valence-corrected chi connectivity index (χ2v) is 10.8. The zero-order chi connectivity index (χ0) is 26.4. The van der Waals surface area contributed by atoms with Gasteiger partial charge in [-0.25, -0.2) is 9.67 Å². The molecule has 1 aliphatic heterocycles. The summed E-state index contributed by atoms with van der Waals surface area (Å²) in [5.74, 6) is 1.93. The van der Waals surface area contributed by atoms with E-state index in [1.165, 1.54) is 0 Å². The second kappa shape index (κ2) is 12.7. The molecule has 198 valence electrons. The Morgan fingerprint density at radius 2 is 1.78 bits per heavy atom. The van der Waals surface area contributed by atoms with Gasteiger partial charge >= 0.3 is 0 Å². The highest BCUT2D eigenvalue weighted by Gasteiger charge is 2.25. The quantitative estimate of drug-likeness (QED) is 0.566. The molecule has 0 unspecified atom stereocenters. The van der Waals surface area contributed by atoms with Gasteiger partial charge in [-0.1, -0.05) is 31.5 Å². The average Bonchev–Trinajstić information content (AvgIpc) is 3.10. The largest absolute Gasteiger partial charge is 0.337 e. The van der Waals surface area contributed by atoms with Crippen molar-refractivity contribution in [3.05, 3.63) is 40.4 Å². The topological polar surface area (TPSA) is 74.6 Å². The maximum absolute atomic E-state index is 13.5. The van der Waals surface area contributed by atoms with Crippen LogP contribution < -0.4 is 4.90 Å². The van der Waals surface area contributed by atoms with Crippen molar-refractivity contribution in [3.63, 3.8) is 0 Å². The third-order valence-electron chi connectivity index (χ3n) is 6.65. The van der Waals surface area contributed by atoms with Crippen LogP contribution in [0.25, 0.3) is 0 Å². The molecule has 1 aromatic heterocycles. The number of halogens is 1. The molecule has 36 heavy (non-hydrogen) atoms. The van der Waals surface area contributed by atoms with Gasteiger partial charge in [0.25, 0.3) is 0 Å². The lowest BCUT2D eigenvalue weighted by Crippen LogP contribution is -2.41. The minimum absolute atomic E-state index is 0.0615. The number of aryl methyl sites for hydroxylation is 3. The molecule has 2 heterocycles. The van der Waals surface area contributed by atoms with Crippen LogP contribution in [0, 0.1) is 19.8 Å². The number of carbonyl (C=O) groups is 2. The minimum Gasteiger partial charge on any atom is -0.337 e. The van der Waals surface area contributed by atoms with Crippen molar-refractivity contribution in [1.29, 1.82) is 0 Å². The number of amides is 2. The number of nitrogens with zero attached hydrogens (tertiary/aromatic N) is 6. The van der Waals surface area contributed by atoms with Gasteiger partial charge in [0, 0.05) is 56.6 Å². The summed E-state index contributed by atoms with van der Waals surface area (Å²) >= 11 is 6.41. The number of hydrogen-bond donors (Lipinski definition) is 0. The van der Waals surface area contributed by atoms with Crippen molar-refractivity contribution in [2.45, 2.75) is 79.9 Å². The Kier molecular flexibility index (Phi) is 9.91. The fraction of sp³-hybridized carbons (Fsp3) is 0.630. The first-order valence-corrected chi connectivity index (χ1v) is 13.4. The number of hydrogen-bond acceptors (Lipinski definition) is 5. The number of carbonyl (C=O) groups excluding carboxylic acids is 2. The monoisotopic (exact) mass is 516 g/mol. The summed E-state index contributed by atoms with van der Waals surface area (Å²) in [6, 6.07) is 6.02. The van der Waals surface area contributed by atoms with E-state index in [0.29, 0.717) is 55.9 Å². The van der Waals surface area contributed by atoms with Crippen LogP contribution in [-0.2, 0) is 22.7 Å². The molecule has 8 nitrogen and oxygen atoms in total. The smallest absolute Gasteiger partial charge is 0.227 e. The maximum atomic E-state index is 13.5. The summed E-state index contributed by atoms with van der Waals surface area (Å²) in [7, 11) is 0. The Morgan fingerprint density at radius 1 is 1.03 bits per heavy atom. The highest BCUT2D eigenvalue weighted by molar-refractivity contribution is 6.31. The summed E-state index contributed by atoms with van der Waals surface area (Å²) in [5, 5.41) is 4.99. The van der Waals surface area contributed by atoms with E-state index in [2.05, 4.69) is 42.7 Å². The van der Waals surface area contributed by atoms with Gasteiger partial charge < -0.3 is 9.80 Å². The Labute approximate surface area is 220 Å². The zero-order valence-electron chi connectivity index (χ0n) is 22.6. The molecule has 3 rings (SSSR count). The van der Waals surface area contributed by atoms with Crippen LogP contribution in [-0.4, -0.2) is 68.6 Å². The first-order chi connectivity index (χ1) is 17.0. The van der Waals surface area contributed by atoms with Crippen molar-refractivity contribution in [2.75, 3.05) is 31.1 Å². The van der Waals surface area contributed by atoms with E-state index >= 15 is 0 Å². The van der Waals surface area contributed by atoms with Crippen LogP contribution in [0.15, 0.2) is 18.2 Å². The van der Waals surface area contributed by atoms with Gasteiger partial charge in [0.2, 0.25) is 11.8 Å². The lowest BCUT2D eigenvalue weighted by molar-refractivity contribution is -0.132. The molecule has 0 aliphatic carbocycles. The molecular formula is C27H41ClN6O2. The SMILES string of the molecule is Cc1nc(C)n(CCC(=O)N2CCN(C(C)C)CCCN(C(=O)CC(C)C)c3cc(Cl)ccc3C2)n1. The van der Waals surface area contributed by atoms with E-state index in [4.69, 9.17) is 11.6 Å². The zero-order valence-corrected chi connectivity index (χ0v) is 23.4. The van der Waals surface area contributed by atoms with Crippen molar-refractivity contribution in [3.8, 4) is 0 Å². The van der Waals surface area contributed by atoms with Crippen LogP contribution in [0.5, 0.6) is 0 Å². The Bertz CT molecular complexity index is 1050. The van der Waals surface area contributed by atoms with Crippen LogP contribution in [0.1, 0.15) is 64.2 Å². The van der Waals surface area contributed by atoms with Gasteiger partial charge in [0.15, 0.2) is 0 Å². The third kappa shape index (κ3) is 7.53. The Balaban J connectivity index is 1.92. The molecule has 9 heteroatoms. The molecule has 2 amide bonds. The maximum Gasteiger partial charge on any atom is 0.227 e. The minimum atomic E-state index is 0.0615. The number of benzene rings is 1. The summed E-state index contributed by atoms with van der Waals surface area (Å²) in [6.45, 7) is 16.0. The standard InChI is InChI=1S/C27H41ClN6O2/c1-19(2)16-27(36)33-12-7-11-31(20(3)4)14-15-32(18-23-8-9-24(28)17-25(23)33)26(35)10-13-34-22(6)29-21(5)30-34/h8-9,17,19-20H,7,10-16,18H2,1-6H3. The molecule has 0 saturated heterocycles. The summed E-state index contributed by atoms with van der Waals surface area (Å²) in [6.07, 6.45) is 1.66. The molecule has 2 aromatic rings. The predicted octanol–water partition coefficient (Wildman–Crippen LogP) is 4.46. The molecule has 1 aromatic carbocycles. The number of fused-ring (bicyclic) bond motifs is 1. The van der Waals surface area contributed by atoms with Crippen molar-refractivity contribution in [1.82, 2.24) is 24.6 Å². The normalized spacial score (nSPS) is 15.8. The van der Waals surface area contributed by atoms with E-state index in [0.717, 1.165) is 36.6 Å². The molecule has 0 atom stereocenters. The molecular weight excluding hydrogens is 476 g/mol. The highest BCUT2D eigenvalue weighted by Crippen LogP contribution is 2.28.